The Bertz CT molecular complexity index is 305. The quantitative estimate of drug-likeness (QED) is 0.715. The van der Waals surface area contributed by atoms with Crippen LogP contribution in [0.3, 0.4) is 0 Å². The molecule has 1 rings (SSSR count). The summed E-state index contributed by atoms with van der Waals surface area (Å²) in [6.07, 6.45) is 1.45. The zero-order valence-corrected chi connectivity index (χ0v) is 8.75. The van der Waals surface area contributed by atoms with Crippen LogP contribution in [0.1, 0.15) is 24.5 Å². The van der Waals surface area contributed by atoms with Gasteiger partial charge in [0.25, 0.3) is 0 Å². The molecule has 0 aromatic heterocycles. The lowest BCUT2D eigenvalue weighted by molar-refractivity contribution is -0.116. The van der Waals surface area contributed by atoms with E-state index in [1.54, 1.807) is 14.0 Å². The molecule has 0 atom stereocenters. The van der Waals surface area contributed by atoms with E-state index in [2.05, 4.69) is 6.07 Å². The van der Waals surface area contributed by atoms with E-state index >= 15 is 0 Å². The van der Waals surface area contributed by atoms with E-state index in [0.717, 1.165) is 12.0 Å². The third-order valence-corrected chi connectivity index (χ3v) is 2.07. The average molecular weight is 192 g/mol. The van der Waals surface area contributed by atoms with Gasteiger partial charge in [-0.05, 0) is 24.5 Å². The van der Waals surface area contributed by atoms with Gasteiger partial charge in [0.05, 0.1) is 6.61 Å². The van der Waals surface area contributed by atoms with Gasteiger partial charge in [-0.2, -0.15) is 0 Å². The molecular formula is C12H16O2. The van der Waals surface area contributed by atoms with E-state index in [-0.39, 0.29) is 5.78 Å². The number of aryl methyl sites for hydroxylation is 1. The van der Waals surface area contributed by atoms with Crippen LogP contribution in [-0.2, 0) is 22.6 Å². The SMILES string of the molecule is COCc1cccc(CCC(C)=O)c1. The topological polar surface area (TPSA) is 26.3 Å². The number of ether oxygens (including phenoxy) is 1. The maximum atomic E-state index is 10.8. The molecule has 0 amide bonds. The van der Waals surface area contributed by atoms with Gasteiger partial charge < -0.3 is 9.53 Å². The Hall–Kier alpha value is -1.15. The summed E-state index contributed by atoms with van der Waals surface area (Å²) in [5.41, 5.74) is 2.36. The molecule has 2 nitrogen and oxygen atoms in total. The molecule has 0 bridgehead atoms. The van der Waals surface area contributed by atoms with Crippen LogP contribution in [0.2, 0.25) is 0 Å². The summed E-state index contributed by atoms with van der Waals surface area (Å²) in [6.45, 7) is 2.26. The lowest BCUT2D eigenvalue weighted by Gasteiger charge is -2.03. The van der Waals surface area contributed by atoms with E-state index in [1.807, 2.05) is 18.2 Å². The normalized spacial score (nSPS) is 10.1. The van der Waals surface area contributed by atoms with Gasteiger partial charge in [-0.25, -0.2) is 0 Å². The third-order valence-electron chi connectivity index (χ3n) is 2.07. The van der Waals surface area contributed by atoms with Crippen molar-refractivity contribution in [1.29, 1.82) is 0 Å². The zero-order valence-electron chi connectivity index (χ0n) is 8.75. The van der Waals surface area contributed by atoms with Gasteiger partial charge in [-0.3, -0.25) is 0 Å². The molecule has 0 heterocycles. The standard InChI is InChI=1S/C12H16O2/c1-10(13)6-7-11-4-3-5-12(8-11)9-14-2/h3-5,8H,6-7,9H2,1-2H3. The number of Topliss-reactive ketones (excluding diaryl/α,β-unsaturated/α-hetero) is 1. The van der Waals surface area contributed by atoms with Crippen LogP contribution in [0.4, 0.5) is 0 Å². The van der Waals surface area contributed by atoms with Gasteiger partial charge in [0.2, 0.25) is 0 Å². The summed E-state index contributed by atoms with van der Waals surface area (Å²) < 4.78 is 5.04. The highest BCUT2D eigenvalue weighted by molar-refractivity contribution is 5.75. The summed E-state index contributed by atoms with van der Waals surface area (Å²) in [4.78, 5) is 10.8. The summed E-state index contributed by atoms with van der Waals surface area (Å²) in [7, 11) is 1.68. The summed E-state index contributed by atoms with van der Waals surface area (Å²) in [6, 6.07) is 8.17. The van der Waals surface area contributed by atoms with Crippen LogP contribution in [0.5, 0.6) is 0 Å². The molecule has 1 aromatic rings. The Morgan fingerprint density at radius 2 is 2.07 bits per heavy atom. The van der Waals surface area contributed by atoms with Crippen LogP contribution in [0, 0.1) is 0 Å². The maximum absolute atomic E-state index is 10.8. The summed E-state index contributed by atoms with van der Waals surface area (Å²) in [5, 5.41) is 0. The number of hydrogen-bond donors (Lipinski definition) is 0. The second kappa shape index (κ2) is 5.55. The number of rotatable bonds is 5. The van der Waals surface area contributed by atoms with Crippen LogP contribution < -0.4 is 0 Å². The predicted octanol–water partition coefficient (Wildman–Crippen LogP) is 2.35. The molecule has 14 heavy (non-hydrogen) atoms. The smallest absolute Gasteiger partial charge is 0.130 e. The van der Waals surface area contributed by atoms with E-state index in [0.29, 0.717) is 13.0 Å². The van der Waals surface area contributed by atoms with E-state index < -0.39 is 0 Å². The monoisotopic (exact) mass is 192 g/mol. The number of carbonyl (C=O) groups excluding carboxylic acids is 1. The largest absolute Gasteiger partial charge is 0.380 e. The Labute approximate surface area is 84.9 Å². The molecule has 0 aliphatic rings. The van der Waals surface area contributed by atoms with Crippen molar-refractivity contribution in [2.45, 2.75) is 26.4 Å². The van der Waals surface area contributed by atoms with Crippen molar-refractivity contribution < 1.29 is 9.53 Å². The minimum Gasteiger partial charge on any atom is -0.380 e. The van der Waals surface area contributed by atoms with Crippen molar-refractivity contribution >= 4 is 5.78 Å². The van der Waals surface area contributed by atoms with Gasteiger partial charge in [0.1, 0.15) is 5.78 Å². The third kappa shape index (κ3) is 3.71. The van der Waals surface area contributed by atoms with Gasteiger partial charge in [-0.1, -0.05) is 24.3 Å². The van der Waals surface area contributed by atoms with E-state index in [1.165, 1.54) is 5.56 Å². The van der Waals surface area contributed by atoms with Gasteiger partial charge in [0.15, 0.2) is 0 Å². The van der Waals surface area contributed by atoms with Gasteiger partial charge in [-0.15, -0.1) is 0 Å². The van der Waals surface area contributed by atoms with E-state index in [9.17, 15) is 4.79 Å². The van der Waals surface area contributed by atoms with Crippen molar-refractivity contribution in [2.24, 2.45) is 0 Å². The second-order valence-corrected chi connectivity index (χ2v) is 3.45. The molecule has 0 spiro atoms. The summed E-state index contributed by atoms with van der Waals surface area (Å²) in [5.74, 6) is 0.238. The Morgan fingerprint density at radius 3 is 2.71 bits per heavy atom. The number of methoxy groups -OCH3 is 1. The average Bonchev–Trinajstić information content (AvgIpc) is 2.16. The predicted molar refractivity (Wildman–Crippen MR) is 56.2 cm³/mol. The molecule has 0 saturated heterocycles. The Balaban J connectivity index is 2.58. The number of hydrogen-bond acceptors (Lipinski definition) is 2. The molecule has 0 unspecified atom stereocenters. The van der Waals surface area contributed by atoms with Crippen LogP contribution in [-0.4, -0.2) is 12.9 Å². The molecule has 2 heteroatoms. The molecular weight excluding hydrogens is 176 g/mol. The number of ketones is 1. The van der Waals surface area contributed by atoms with Crippen LogP contribution in [0.25, 0.3) is 0 Å². The molecule has 76 valence electrons. The first-order chi connectivity index (χ1) is 6.72. The molecule has 0 aliphatic heterocycles. The zero-order chi connectivity index (χ0) is 10.4. The molecule has 0 N–H and O–H groups in total. The number of carbonyl (C=O) groups is 1. The first kappa shape index (κ1) is 10.9. The molecule has 0 radical (unpaired) electrons. The molecule has 0 aliphatic carbocycles. The minimum absolute atomic E-state index is 0.238. The summed E-state index contributed by atoms with van der Waals surface area (Å²) >= 11 is 0. The second-order valence-electron chi connectivity index (χ2n) is 3.45. The van der Waals surface area contributed by atoms with Crippen LogP contribution in [0.15, 0.2) is 24.3 Å². The highest BCUT2D eigenvalue weighted by Gasteiger charge is 1.98. The van der Waals surface area contributed by atoms with Crippen molar-refractivity contribution in [3.63, 3.8) is 0 Å². The van der Waals surface area contributed by atoms with Crippen molar-refractivity contribution in [2.75, 3.05) is 7.11 Å². The van der Waals surface area contributed by atoms with Crippen molar-refractivity contribution in [3.8, 4) is 0 Å². The highest BCUT2D eigenvalue weighted by Crippen LogP contribution is 2.08. The lowest BCUT2D eigenvalue weighted by Crippen LogP contribution is -1.95. The van der Waals surface area contributed by atoms with E-state index in [4.69, 9.17) is 4.74 Å². The Kier molecular flexibility index (Phi) is 4.33. The molecule has 0 fully saturated rings. The van der Waals surface area contributed by atoms with Crippen molar-refractivity contribution in [1.82, 2.24) is 0 Å². The van der Waals surface area contributed by atoms with Crippen LogP contribution >= 0.6 is 0 Å². The maximum Gasteiger partial charge on any atom is 0.130 e. The first-order valence-electron chi connectivity index (χ1n) is 4.78. The fourth-order valence-electron chi connectivity index (χ4n) is 1.36. The van der Waals surface area contributed by atoms with Crippen molar-refractivity contribution in [3.05, 3.63) is 35.4 Å². The van der Waals surface area contributed by atoms with Gasteiger partial charge in [0, 0.05) is 13.5 Å². The highest BCUT2D eigenvalue weighted by atomic mass is 16.5. The van der Waals surface area contributed by atoms with Gasteiger partial charge >= 0.3 is 0 Å². The fourth-order valence-corrected chi connectivity index (χ4v) is 1.36. The first-order valence-corrected chi connectivity index (χ1v) is 4.78. The Morgan fingerprint density at radius 1 is 1.36 bits per heavy atom. The number of benzene rings is 1. The molecule has 1 aromatic carbocycles. The fraction of sp³-hybridized carbons (Fsp3) is 0.417. The minimum atomic E-state index is 0.238. The lowest BCUT2D eigenvalue weighted by atomic mass is 10.1. The molecule has 0 saturated carbocycles.